The predicted molar refractivity (Wildman–Crippen MR) is 133 cm³/mol. The van der Waals surface area contributed by atoms with Gasteiger partial charge in [0.05, 0.1) is 32.4 Å². The molecular formula is C28H25NO8. The van der Waals surface area contributed by atoms with Crippen LogP contribution in [-0.4, -0.2) is 55.9 Å². The minimum atomic E-state index is -0.823. The summed E-state index contributed by atoms with van der Waals surface area (Å²) in [5, 5.41) is 11.3. The zero-order chi connectivity index (χ0) is 25.9. The van der Waals surface area contributed by atoms with Gasteiger partial charge in [-0.3, -0.25) is 9.59 Å². The number of fused-ring (bicyclic) bond motifs is 1. The molecule has 2 aliphatic rings. The smallest absolute Gasteiger partial charge is 0.295 e. The predicted octanol–water partition coefficient (Wildman–Crippen LogP) is 3.93. The summed E-state index contributed by atoms with van der Waals surface area (Å²) < 4.78 is 27.0. The minimum Gasteiger partial charge on any atom is -0.507 e. The number of carbonyl (C=O) groups is 2. The molecule has 0 aromatic heterocycles. The number of ketones is 1. The van der Waals surface area contributed by atoms with Gasteiger partial charge in [-0.1, -0.05) is 12.1 Å². The standard InChI is InChI=1S/C28H25NO8/c1-33-19-6-3-17(4-7-19)25-24(26(30)18-5-12-22-23(15-18)37-16-36-22)27(31)28(32)29(25)13-14-35-21-10-8-20(34-2)9-11-21/h3-12,15,25,30H,13-14,16H2,1-2H3/b26-24-. The molecular weight excluding hydrogens is 478 g/mol. The van der Waals surface area contributed by atoms with Crippen LogP contribution in [0.1, 0.15) is 17.2 Å². The third-order valence-corrected chi connectivity index (χ3v) is 6.28. The summed E-state index contributed by atoms with van der Waals surface area (Å²) in [5.74, 6) is 1.11. The van der Waals surface area contributed by atoms with Crippen molar-refractivity contribution in [3.8, 4) is 28.7 Å². The zero-order valence-electron chi connectivity index (χ0n) is 20.3. The molecule has 0 radical (unpaired) electrons. The number of Topliss-reactive ketones (excluding diaryl/α,β-unsaturated/α-hetero) is 1. The lowest BCUT2D eigenvalue weighted by molar-refractivity contribution is -0.140. The van der Waals surface area contributed by atoms with Gasteiger partial charge in [0.2, 0.25) is 6.79 Å². The second kappa shape index (κ2) is 10.1. The van der Waals surface area contributed by atoms with Crippen molar-refractivity contribution in [1.82, 2.24) is 4.90 Å². The molecule has 1 atom stereocenters. The Balaban J connectivity index is 1.47. The molecule has 37 heavy (non-hydrogen) atoms. The first kappa shape index (κ1) is 24.1. The fourth-order valence-electron chi connectivity index (χ4n) is 4.38. The molecule has 0 aliphatic carbocycles. The molecule has 1 fully saturated rings. The second-order valence-electron chi connectivity index (χ2n) is 8.36. The largest absolute Gasteiger partial charge is 0.507 e. The fraction of sp³-hybridized carbons (Fsp3) is 0.214. The van der Waals surface area contributed by atoms with Gasteiger partial charge < -0.3 is 33.7 Å². The number of benzene rings is 3. The number of amides is 1. The summed E-state index contributed by atoms with van der Waals surface area (Å²) >= 11 is 0. The Morgan fingerprint density at radius 2 is 1.51 bits per heavy atom. The molecule has 3 aromatic rings. The monoisotopic (exact) mass is 503 g/mol. The maximum Gasteiger partial charge on any atom is 0.295 e. The van der Waals surface area contributed by atoms with Crippen molar-refractivity contribution in [2.75, 3.05) is 34.2 Å². The van der Waals surface area contributed by atoms with E-state index in [1.54, 1.807) is 80.9 Å². The van der Waals surface area contributed by atoms with Crippen molar-refractivity contribution >= 4 is 17.4 Å². The van der Waals surface area contributed by atoms with Crippen LogP contribution in [0, 0.1) is 0 Å². The van der Waals surface area contributed by atoms with E-state index in [1.807, 2.05) is 0 Å². The molecule has 190 valence electrons. The molecule has 5 rings (SSSR count). The Morgan fingerprint density at radius 1 is 0.892 bits per heavy atom. The Labute approximate surface area is 213 Å². The van der Waals surface area contributed by atoms with E-state index in [0.29, 0.717) is 39.9 Å². The molecule has 1 unspecified atom stereocenters. The van der Waals surface area contributed by atoms with Crippen LogP contribution in [0.2, 0.25) is 0 Å². The number of methoxy groups -OCH3 is 2. The van der Waals surface area contributed by atoms with Gasteiger partial charge in [0.15, 0.2) is 11.5 Å². The van der Waals surface area contributed by atoms with Crippen LogP contribution in [0.3, 0.4) is 0 Å². The molecule has 2 aliphatic heterocycles. The lowest BCUT2D eigenvalue weighted by Gasteiger charge is -2.25. The number of ether oxygens (including phenoxy) is 5. The van der Waals surface area contributed by atoms with Crippen LogP contribution in [0.4, 0.5) is 0 Å². The van der Waals surface area contributed by atoms with E-state index >= 15 is 0 Å². The van der Waals surface area contributed by atoms with Crippen LogP contribution in [-0.2, 0) is 9.59 Å². The SMILES string of the molecule is COc1ccc(OCCN2C(=O)C(=O)/C(=C(\O)c3ccc4c(c3)OCO4)C2c2ccc(OC)cc2)cc1. The first-order chi connectivity index (χ1) is 18.0. The van der Waals surface area contributed by atoms with Crippen molar-refractivity contribution in [3.05, 3.63) is 83.4 Å². The molecule has 9 nitrogen and oxygen atoms in total. The van der Waals surface area contributed by atoms with Crippen molar-refractivity contribution in [3.63, 3.8) is 0 Å². The van der Waals surface area contributed by atoms with Crippen LogP contribution in [0.25, 0.3) is 5.76 Å². The average molecular weight is 504 g/mol. The lowest BCUT2D eigenvalue weighted by Crippen LogP contribution is -2.33. The number of likely N-dealkylation sites (tertiary alicyclic amines) is 1. The topological polar surface area (TPSA) is 104 Å². The highest BCUT2D eigenvalue weighted by Gasteiger charge is 2.46. The Kier molecular flexibility index (Phi) is 6.59. The van der Waals surface area contributed by atoms with Crippen LogP contribution in [0.5, 0.6) is 28.7 Å². The molecule has 1 N–H and O–H groups in total. The van der Waals surface area contributed by atoms with Gasteiger partial charge in [0, 0.05) is 5.56 Å². The molecule has 3 aromatic carbocycles. The van der Waals surface area contributed by atoms with Gasteiger partial charge in [-0.25, -0.2) is 0 Å². The normalized spacial score (nSPS) is 17.7. The van der Waals surface area contributed by atoms with E-state index in [4.69, 9.17) is 23.7 Å². The number of hydrogen-bond donors (Lipinski definition) is 1. The molecule has 9 heteroatoms. The number of rotatable bonds is 8. The van der Waals surface area contributed by atoms with E-state index in [9.17, 15) is 14.7 Å². The summed E-state index contributed by atoms with van der Waals surface area (Å²) in [4.78, 5) is 27.8. The highest BCUT2D eigenvalue weighted by Crippen LogP contribution is 2.41. The Hall–Kier alpha value is -4.66. The number of aliphatic hydroxyl groups is 1. The highest BCUT2D eigenvalue weighted by atomic mass is 16.7. The summed E-state index contributed by atoms with van der Waals surface area (Å²) in [6.45, 7) is 0.325. The van der Waals surface area contributed by atoms with E-state index in [1.165, 1.54) is 4.90 Å². The summed E-state index contributed by atoms with van der Waals surface area (Å²) in [6.07, 6.45) is 0. The molecule has 1 amide bonds. The fourth-order valence-corrected chi connectivity index (χ4v) is 4.38. The molecule has 0 bridgehead atoms. The van der Waals surface area contributed by atoms with Crippen molar-refractivity contribution in [2.45, 2.75) is 6.04 Å². The highest BCUT2D eigenvalue weighted by molar-refractivity contribution is 6.46. The molecule has 1 saturated heterocycles. The molecule has 0 saturated carbocycles. The first-order valence-electron chi connectivity index (χ1n) is 11.6. The third kappa shape index (κ3) is 4.63. The van der Waals surface area contributed by atoms with Gasteiger partial charge in [0.25, 0.3) is 11.7 Å². The van der Waals surface area contributed by atoms with Crippen LogP contribution >= 0.6 is 0 Å². The van der Waals surface area contributed by atoms with Gasteiger partial charge >= 0.3 is 0 Å². The number of nitrogens with zero attached hydrogens (tertiary/aromatic N) is 1. The van der Waals surface area contributed by atoms with Crippen molar-refractivity contribution < 1.29 is 38.4 Å². The van der Waals surface area contributed by atoms with E-state index < -0.39 is 17.7 Å². The quantitative estimate of drug-likeness (QED) is 0.280. The van der Waals surface area contributed by atoms with E-state index in [2.05, 4.69) is 0 Å². The summed E-state index contributed by atoms with van der Waals surface area (Å²) in [5.41, 5.74) is 0.973. The van der Waals surface area contributed by atoms with E-state index in [0.717, 1.165) is 0 Å². The number of hydrogen-bond acceptors (Lipinski definition) is 8. The van der Waals surface area contributed by atoms with Gasteiger partial charge in [-0.15, -0.1) is 0 Å². The Bertz CT molecular complexity index is 1350. The van der Waals surface area contributed by atoms with Crippen LogP contribution < -0.4 is 23.7 Å². The minimum absolute atomic E-state index is 0.0153. The third-order valence-electron chi connectivity index (χ3n) is 6.28. The first-order valence-corrected chi connectivity index (χ1v) is 11.6. The van der Waals surface area contributed by atoms with Crippen LogP contribution in [0.15, 0.2) is 72.3 Å². The van der Waals surface area contributed by atoms with E-state index in [-0.39, 0.29) is 31.3 Å². The number of carbonyl (C=O) groups excluding carboxylic acids is 2. The Morgan fingerprint density at radius 3 is 2.19 bits per heavy atom. The summed E-state index contributed by atoms with van der Waals surface area (Å²) in [6, 6.07) is 18.1. The lowest BCUT2D eigenvalue weighted by atomic mass is 9.95. The van der Waals surface area contributed by atoms with Gasteiger partial charge in [-0.2, -0.15) is 0 Å². The number of aliphatic hydroxyl groups excluding tert-OH is 1. The van der Waals surface area contributed by atoms with Gasteiger partial charge in [0.1, 0.15) is 29.6 Å². The maximum atomic E-state index is 13.2. The average Bonchev–Trinajstić information content (AvgIpc) is 3.51. The van der Waals surface area contributed by atoms with Gasteiger partial charge in [-0.05, 0) is 60.2 Å². The molecule has 0 spiro atoms. The summed E-state index contributed by atoms with van der Waals surface area (Å²) in [7, 11) is 3.13. The zero-order valence-corrected chi connectivity index (χ0v) is 20.3. The maximum absolute atomic E-state index is 13.2. The second-order valence-corrected chi connectivity index (χ2v) is 8.36. The van der Waals surface area contributed by atoms with Crippen molar-refractivity contribution in [1.29, 1.82) is 0 Å². The van der Waals surface area contributed by atoms with Crippen molar-refractivity contribution in [2.24, 2.45) is 0 Å². The molecule has 2 heterocycles.